The van der Waals surface area contributed by atoms with E-state index in [9.17, 15) is 5.11 Å². The van der Waals surface area contributed by atoms with Gasteiger partial charge in [-0.3, -0.25) is 0 Å². The second kappa shape index (κ2) is 4.82. The SMILES string of the molecule is CNC1CCC(O)(c2cc3cccc(Cl)c3o2)CC1. The molecule has 0 atom stereocenters. The first kappa shape index (κ1) is 13.0. The summed E-state index contributed by atoms with van der Waals surface area (Å²) in [4.78, 5) is 0. The van der Waals surface area contributed by atoms with Crippen LogP contribution in [0, 0.1) is 0 Å². The van der Waals surface area contributed by atoms with E-state index >= 15 is 0 Å². The molecule has 2 N–H and O–H groups in total. The van der Waals surface area contributed by atoms with Gasteiger partial charge in [0.15, 0.2) is 5.58 Å². The monoisotopic (exact) mass is 279 g/mol. The van der Waals surface area contributed by atoms with Crippen molar-refractivity contribution in [2.45, 2.75) is 37.3 Å². The van der Waals surface area contributed by atoms with Crippen LogP contribution in [0.25, 0.3) is 11.0 Å². The van der Waals surface area contributed by atoms with E-state index in [2.05, 4.69) is 5.32 Å². The van der Waals surface area contributed by atoms with Gasteiger partial charge in [0.05, 0.1) is 5.02 Å². The minimum atomic E-state index is -0.851. The largest absolute Gasteiger partial charge is 0.456 e. The van der Waals surface area contributed by atoms with Crippen molar-refractivity contribution < 1.29 is 9.52 Å². The third-order valence-corrected chi connectivity index (χ3v) is 4.47. The van der Waals surface area contributed by atoms with E-state index in [4.69, 9.17) is 16.0 Å². The Morgan fingerprint density at radius 3 is 2.74 bits per heavy atom. The van der Waals surface area contributed by atoms with Crippen molar-refractivity contribution in [3.63, 3.8) is 0 Å². The fraction of sp³-hybridized carbons (Fsp3) is 0.467. The lowest BCUT2D eigenvalue weighted by Crippen LogP contribution is -2.38. The average Bonchev–Trinajstić information content (AvgIpc) is 2.86. The number of benzene rings is 1. The average molecular weight is 280 g/mol. The highest BCUT2D eigenvalue weighted by Crippen LogP contribution is 2.40. The Bertz CT molecular complexity index is 585. The number of aliphatic hydroxyl groups is 1. The van der Waals surface area contributed by atoms with Gasteiger partial charge >= 0.3 is 0 Å². The Hall–Kier alpha value is -1.03. The Morgan fingerprint density at radius 2 is 2.11 bits per heavy atom. The molecule has 0 radical (unpaired) electrons. The topological polar surface area (TPSA) is 45.4 Å². The van der Waals surface area contributed by atoms with Crippen LogP contribution in [0.5, 0.6) is 0 Å². The molecule has 0 amide bonds. The molecule has 1 aliphatic carbocycles. The zero-order valence-electron chi connectivity index (χ0n) is 10.9. The van der Waals surface area contributed by atoms with E-state index in [0.717, 1.165) is 31.1 Å². The third-order valence-electron chi connectivity index (χ3n) is 4.18. The fourth-order valence-corrected chi connectivity index (χ4v) is 3.11. The highest BCUT2D eigenvalue weighted by atomic mass is 35.5. The number of nitrogens with one attached hydrogen (secondary N) is 1. The molecule has 1 aliphatic rings. The van der Waals surface area contributed by atoms with Crippen LogP contribution in [-0.4, -0.2) is 18.2 Å². The summed E-state index contributed by atoms with van der Waals surface area (Å²) < 4.78 is 5.81. The first-order chi connectivity index (χ1) is 9.12. The highest BCUT2D eigenvalue weighted by molar-refractivity contribution is 6.34. The molecule has 0 bridgehead atoms. The zero-order chi connectivity index (χ0) is 13.5. The standard InChI is InChI=1S/C15H18ClNO2/c1-17-11-5-7-15(18,8-6-11)13-9-10-3-2-4-12(16)14(10)19-13/h2-4,9,11,17-18H,5-8H2,1H3. The molecule has 0 spiro atoms. The summed E-state index contributed by atoms with van der Waals surface area (Å²) in [6, 6.07) is 8.07. The molecular weight excluding hydrogens is 262 g/mol. The van der Waals surface area contributed by atoms with Crippen LogP contribution in [0.2, 0.25) is 5.02 Å². The van der Waals surface area contributed by atoms with Crippen LogP contribution in [0.15, 0.2) is 28.7 Å². The number of furan rings is 1. The lowest BCUT2D eigenvalue weighted by Gasteiger charge is -2.34. The Kier molecular flexibility index (Phi) is 3.29. The second-order valence-electron chi connectivity index (χ2n) is 5.36. The molecule has 1 fully saturated rings. The molecule has 0 aliphatic heterocycles. The Balaban J connectivity index is 1.93. The molecule has 19 heavy (non-hydrogen) atoms. The van der Waals surface area contributed by atoms with Crippen molar-refractivity contribution in [3.05, 3.63) is 35.0 Å². The van der Waals surface area contributed by atoms with Crippen LogP contribution in [0.3, 0.4) is 0 Å². The molecule has 1 aromatic heterocycles. The van der Waals surface area contributed by atoms with Gasteiger partial charge in [-0.15, -0.1) is 0 Å². The van der Waals surface area contributed by atoms with E-state index < -0.39 is 5.60 Å². The van der Waals surface area contributed by atoms with Gasteiger partial charge in [0.1, 0.15) is 11.4 Å². The van der Waals surface area contributed by atoms with Gasteiger partial charge < -0.3 is 14.8 Å². The summed E-state index contributed by atoms with van der Waals surface area (Å²) in [5, 5.41) is 15.6. The first-order valence-corrected chi connectivity index (χ1v) is 7.08. The fourth-order valence-electron chi connectivity index (χ4n) is 2.89. The number of hydrogen-bond acceptors (Lipinski definition) is 3. The van der Waals surface area contributed by atoms with Gasteiger partial charge in [0, 0.05) is 11.4 Å². The first-order valence-electron chi connectivity index (χ1n) is 6.70. The van der Waals surface area contributed by atoms with Crippen LogP contribution in [0.4, 0.5) is 0 Å². The third kappa shape index (κ3) is 2.27. The van der Waals surface area contributed by atoms with Crippen LogP contribution in [0.1, 0.15) is 31.4 Å². The summed E-state index contributed by atoms with van der Waals surface area (Å²) >= 11 is 6.11. The number of fused-ring (bicyclic) bond motifs is 1. The zero-order valence-corrected chi connectivity index (χ0v) is 11.7. The molecule has 4 heteroatoms. The Morgan fingerprint density at radius 1 is 1.37 bits per heavy atom. The van der Waals surface area contributed by atoms with Crippen molar-refractivity contribution in [3.8, 4) is 0 Å². The number of hydrogen-bond donors (Lipinski definition) is 2. The molecule has 0 unspecified atom stereocenters. The predicted molar refractivity (Wildman–Crippen MR) is 76.4 cm³/mol. The van der Waals surface area contributed by atoms with E-state index in [-0.39, 0.29) is 0 Å². The normalized spacial score (nSPS) is 27.8. The molecule has 2 aromatic rings. The van der Waals surface area contributed by atoms with Crippen LogP contribution >= 0.6 is 11.6 Å². The molecule has 0 saturated heterocycles. The molecule has 1 saturated carbocycles. The summed E-state index contributed by atoms with van der Waals surface area (Å²) in [5.74, 6) is 0.644. The van der Waals surface area contributed by atoms with E-state index in [1.807, 2.05) is 25.2 Å². The number of rotatable bonds is 2. The minimum Gasteiger partial charge on any atom is -0.456 e. The smallest absolute Gasteiger partial charge is 0.153 e. The van der Waals surface area contributed by atoms with Gasteiger partial charge in [-0.2, -0.15) is 0 Å². The Labute approximate surface area is 117 Å². The molecule has 1 aromatic carbocycles. The number of para-hydroxylation sites is 1. The van der Waals surface area contributed by atoms with Gasteiger partial charge in [-0.1, -0.05) is 23.7 Å². The molecule has 102 valence electrons. The molecular formula is C15H18ClNO2. The molecule has 3 rings (SSSR count). The molecule has 3 nitrogen and oxygen atoms in total. The van der Waals surface area contributed by atoms with Crippen molar-refractivity contribution >= 4 is 22.6 Å². The number of halogens is 1. The highest BCUT2D eigenvalue weighted by Gasteiger charge is 2.37. The summed E-state index contributed by atoms with van der Waals surface area (Å²) in [5.41, 5.74) is -0.182. The van der Waals surface area contributed by atoms with Gasteiger partial charge in [0.25, 0.3) is 0 Å². The van der Waals surface area contributed by atoms with Gasteiger partial charge in [0.2, 0.25) is 0 Å². The maximum Gasteiger partial charge on any atom is 0.153 e. The summed E-state index contributed by atoms with van der Waals surface area (Å²) in [6.07, 6.45) is 3.35. The maximum absolute atomic E-state index is 10.8. The van der Waals surface area contributed by atoms with Crippen LogP contribution < -0.4 is 5.32 Å². The summed E-state index contributed by atoms with van der Waals surface area (Å²) in [6.45, 7) is 0. The van der Waals surface area contributed by atoms with Crippen molar-refractivity contribution in [1.29, 1.82) is 0 Å². The lowest BCUT2D eigenvalue weighted by molar-refractivity contribution is -0.0249. The lowest BCUT2D eigenvalue weighted by atomic mass is 9.80. The van der Waals surface area contributed by atoms with Crippen molar-refractivity contribution in [2.24, 2.45) is 0 Å². The quantitative estimate of drug-likeness (QED) is 0.885. The van der Waals surface area contributed by atoms with Crippen molar-refractivity contribution in [1.82, 2.24) is 5.32 Å². The van der Waals surface area contributed by atoms with E-state index in [1.54, 1.807) is 6.07 Å². The molecule has 1 heterocycles. The minimum absolute atomic E-state index is 0.494. The maximum atomic E-state index is 10.8. The van der Waals surface area contributed by atoms with E-state index in [0.29, 0.717) is 22.4 Å². The predicted octanol–water partition coefficient (Wildman–Crippen LogP) is 3.44. The van der Waals surface area contributed by atoms with E-state index in [1.165, 1.54) is 0 Å². The van der Waals surface area contributed by atoms with Crippen LogP contribution in [-0.2, 0) is 5.60 Å². The second-order valence-corrected chi connectivity index (χ2v) is 5.77. The van der Waals surface area contributed by atoms with Crippen molar-refractivity contribution in [2.75, 3.05) is 7.05 Å². The summed E-state index contributed by atoms with van der Waals surface area (Å²) in [7, 11) is 1.97. The van der Waals surface area contributed by atoms with Gasteiger partial charge in [-0.25, -0.2) is 0 Å². The van der Waals surface area contributed by atoms with Gasteiger partial charge in [-0.05, 0) is 44.9 Å².